The van der Waals surface area contributed by atoms with Crippen molar-refractivity contribution in [3.05, 3.63) is 69.8 Å². The van der Waals surface area contributed by atoms with Gasteiger partial charge in [0.2, 0.25) is 5.91 Å². The van der Waals surface area contributed by atoms with Crippen molar-refractivity contribution in [2.75, 3.05) is 33.4 Å². The van der Waals surface area contributed by atoms with Crippen molar-refractivity contribution in [1.29, 1.82) is 0 Å². The van der Waals surface area contributed by atoms with Gasteiger partial charge in [-0.1, -0.05) is 36.0 Å². The number of hydrogen-bond acceptors (Lipinski definition) is 3. The van der Waals surface area contributed by atoms with E-state index in [0.29, 0.717) is 26.3 Å². The van der Waals surface area contributed by atoms with Crippen LogP contribution in [0.4, 0.5) is 0 Å². The number of amides is 1. The number of allylic oxidation sites excluding steroid dienone is 6. The number of morpholine rings is 1. The Bertz CT molecular complexity index is 853. The van der Waals surface area contributed by atoms with Gasteiger partial charge in [-0.3, -0.25) is 4.79 Å². The van der Waals surface area contributed by atoms with Crippen molar-refractivity contribution in [2.45, 2.75) is 34.6 Å². The van der Waals surface area contributed by atoms with Crippen LogP contribution in [0.3, 0.4) is 0 Å². The van der Waals surface area contributed by atoms with Crippen molar-refractivity contribution in [3.8, 4) is 5.75 Å². The molecule has 1 aliphatic rings. The number of carbonyl (C=O) groups excluding carboxylic acids is 1. The third-order valence-electron chi connectivity index (χ3n) is 5.23. The summed E-state index contributed by atoms with van der Waals surface area (Å²) < 4.78 is 10.7. The van der Waals surface area contributed by atoms with E-state index in [2.05, 4.69) is 45.9 Å². The summed E-state index contributed by atoms with van der Waals surface area (Å²) in [6.45, 7) is 12.9. The smallest absolute Gasteiger partial charge is 0.246 e. The second-order valence-corrected chi connectivity index (χ2v) is 7.49. The molecule has 0 radical (unpaired) electrons. The summed E-state index contributed by atoms with van der Waals surface area (Å²) >= 11 is 0. The molecule has 1 saturated heterocycles. The first-order chi connectivity index (χ1) is 13.8. The minimum atomic E-state index is 0.0527. The number of ether oxygens (including phenoxy) is 2. The molecule has 2 rings (SSSR count). The van der Waals surface area contributed by atoms with Crippen molar-refractivity contribution < 1.29 is 14.3 Å². The van der Waals surface area contributed by atoms with Crippen molar-refractivity contribution in [1.82, 2.24) is 4.90 Å². The predicted molar refractivity (Wildman–Crippen MR) is 120 cm³/mol. The van der Waals surface area contributed by atoms with Crippen LogP contribution >= 0.6 is 0 Å². The maximum absolute atomic E-state index is 12.2. The van der Waals surface area contributed by atoms with Gasteiger partial charge in [-0.25, -0.2) is 0 Å². The van der Waals surface area contributed by atoms with Crippen molar-refractivity contribution >= 4 is 12.0 Å². The van der Waals surface area contributed by atoms with Gasteiger partial charge in [-0.05, 0) is 68.5 Å². The van der Waals surface area contributed by atoms with Crippen molar-refractivity contribution in [3.63, 3.8) is 0 Å². The highest BCUT2D eigenvalue weighted by molar-refractivity contribution is 5.88. The fourth-order valence-corrected chi connectivity index (χ4v) is 3.27. The summed E-state index contributed by atoms with van der Waals surface area (Å²) in [7, 11) is 1.71. The molecule has 1 aliphatic heterocycles. The van der Waals surface area contributed by atoms with Crippen LogP contribution < -0.4 is 4.74 Å². The number of rotatable bonds is 6. The van der Waals surface area contributed by atoms with Gasteiger partial charge < -0.3 is 14.4 Å². The molecule has 1 fully saturated rings. The van der Waals surface area contributed by atoms with Gasteiger partial charge in [-0.15, -0.1) is 0 Å². The maximum Gasteiger partial charge on any atom is 0.246 e. The van der Waals surface area contributed by atoms with Crippen LogP contribution in [-0.4, -0.2) is 44.2 Å². The Hall–Kier alpha value is -2.59. The molecule has 0 bridgehead atoms. The average molecular weight is 396 g/mol. The lowest BCUT2D eigenvalue weighted by atomic mass is 9.96. The quantitative estimate of drug-likeness (QED) is 0.506. The number of aryl methyl sites for hydroxylation is 1. The SMILES string of the molecule is COc1cc(C)c(C=CC(C)=CC=CC(C)=CC(=O)N2CCOCC2)c(C)c1C. The van der Waals surface area contributed by atoms with E-state index in [9.17, 15) is 4.79 Å². The van der Waals surface area contributed by atoms with E-state index < -0.39 is 0 Å². The highest BCUT2D eigenvalue weighted by Crippen LogP contribution is 2.28. The molecule has 0 aliphatic carbocycles. The Morgan fingerprint density at radius 3 is 2.41 bits per heavy atom. The van der Waals surface area contributed by atoms with E-state index in [1.54, 1.807) is 13.2 Å². The van der Waals surface area contributed by atoms with Crippen LogP contribution in [0, 0.1) is 20.8 Å². The van der Waals surface area contributed by atoms with Gasteiger partial charge in [0.05, 0.1) is 20.3 Å². The number of methoxy groups -OCH3 is 1. The van der Waals surface area contributed by atoms with Crippen molar-refractivity contribution in [2.24, 2.45) is 0 Å². The zero-order valence-electron chi connectivity index (χ0n) is 18.5. The van der Waals surface area contributed by atoms with E-state index in [-0.39, 0.29) is 5.91 Å². The molecule has 0 N–H and O–H groups in total. The monoisotopic (exact) mass is 395 g/mol. The summed E-state index contributed by atoms with van der Waals surface area (Å²) in [6, 6.07) is 2.08. The highest BCUT2D eigenvalue weighted by atomic mass is 16.5. The lowest BCUT2D eigenvalue weighted by Gasteiger charge is -2.25. The molecule has 0 aromatic heterocycles. The first-order valence-corrected chi connectivity index (χ1v) is 10.1. The van der Waals surface area contributed by atoms with Gasteiger partial charge in [0.15, 0.2) is 0 Å². The Balaban J connectivity index is 2.03. The summed E-state index contributed by atoms with van der Waals surface area (Å²) in [5.41, 5.74) is 6.91. The summed E-state index contributed by atoms with van der Waals surface area (Å²) in [5.74, 6) is 0.984. The van der Waals surface area contributed by atoms with Crippen LogP contribution in [0.2, 0.25) is 0 Å². The molecule has 0 unspecified atom stereocenters. The van der Waals surface area contributed by atoms with Gasteiger partial charge in [-0.2, -0.15) is 0 Å². The Kier molecular flexibility index (Phi) is 8.47. The summed E-state index contributed by atoms with van der Waals surface area (Å²) in [6.07, 6.45) is 12.0. The minimum Gasteiger partial charge on any atom is -0.496 e. The molecule has 1 heterocycles. The Morgan fingerprint density at radius 1 is 1.07 bits per heavy atom. The lowest BCUT2D eigenvalue weighted by molar-refractivity contribution is -0.130. The van der Waals surface area contributed by atoms with Crippen LogP contribution in [0.1, 0.15) is 36.1 Å². The number of benzene rings is 1. The van der Waals surface area contributed by atoms with Gasteiger partial charge in [0.1, 0.15) is 5.75 Å². The Labute approximate surface area is 175 Å². The topological polar surface area (TPSA) is 38.8 Å². The van der Waals surface area contributed by atoms with Gasteiger partial charge in [0.25, 0.3) is 0 Å². The fourth-order valence-electron chi connectivity index (χ4n) is 3.27. The normalized spacial score (nSPS) is 16.1. The predicted octanol–water partition coefficient (Wildman–Crippen LogP) is 4.94. The average Bonchev–Trinajstić information content (AvgIpc) is 2.71. The van der Waals surface area contributed by atoms with Gasteiger partial charge >= 0.3 is 0 Å². The van der Waals surface area contributed by atoms with E-state index in [4.69, 9.17) is 9.47 Å². The first kappa shape index (κ1) is 22.7. The molecule has 0 saturated carbocycles. The molecule has 4 nitrogen and oxygen atoms in total. The van der Waals surface area contributed by atoms with Crippen LogP contribution in [0.5, 0.6) is 5.75 Å². The molecular formula is C25H33NO3. The zero-order valence-corrected chi connectivity index (χ0v) is 18.5. The second-order valence-electron chi connectivity index (χ2n) is 7.49. The third-order valence-corrected chi connectivity index (χ3v) is 5.23. The fraction of sp³-hybridized carbons (Fsp3) is 0.400. The number of carbonyl (C=O) groups is 1. The Morgan fingerprint density at radius 2 is 1.76 bits per heavy atom. The molecule has 0 spiro atoms. The van der Waals surface area contributed by atoms with Crippen LogP contribution in [-0.2, 0) is 9.53 Å². The standard InChI is InChI=1S/C25H33NO3/c1-18(10-11-23-20(3)17-24(28-6)22(5)21(23)4)8-7-9-19(2)16-25(27)26-12-14-29-15-13-26/h7-11,16-17H,12-15H2,1-6H3. The third kappa shape index (κ3) is 6.47. The molecular weight excluding hydrogens is 362 g/mol. The molecule has 1 aromatic rings. The van der Waals surface area contributed by atoms with Crippen LogP contribution in [0.15, 0.2) is 47.6 Å². The largest absolute Gasteiger partial charge is 0.496 e. The maximum atomic E-state index is 12.2. The van der Waals surface area contributed by atoms with E-state index in [1.165, 1.54) is 22.3 Å². The molecule has 1 aromatic carbocycles. The highest BCUT2D eigenvalue weighted by Gasteiger charge is 2.14. The van der Waals surface area contributed by atoms with Gasteiger partial charge in [0, 0.05) is 19.2 Å². The minimum absolute atomic E-state index is 0.0527. The molecule has 1 amide bonds. The van der Waals surface area contributed by atoms with E-state index in [0.717, 1.165) is 16.9 Å². The zero-order chi connectivity index (χ0) is 21.4. The van der Waals surface area contributed by atoms with E-state index in [1.807, 2.05) is 30.1 Å². The first-order valence-electron chi connectivity index (χ1n) is 10.1. The number of nitrogens with zero attached hydrogens (tertiary/aromatic N) is 1. The summed E-state index contributed by atoms with van der Waals surface area (Å²) in [4.78, 5) is 14.1. The lowest BCUT2D eigenvalue weighted by Crippen LogP contribution is -2.39. The second kappa shape index (κ2) is 10.8. The van der Waals surface area contributed by atoms with Crippen LogP contribution in [0.25, 0.3) is 6.08 Å². The molecule has 4 heteroatoms. The number of hydrogen-bond donors (Lipinski definition) is 0. The molecule has 0 atom stereocenters. The van der Waals surface area contributed by atoms with E-state index >= 15 is 0 Å². The molecule has 29 heavy (non-hydrogen) atoms. The molecule has 156 valence electrons. The summed E-state index contributed by atoms with van der Waals surface area (Å²) in [5, 5.41) is 0.